The van der Waals surface area contributed by atoms with Crippen LogP contribution in [0.15, 0.2) is 18.2 Å². The lowest BCUT2D eigenvalue weighted by molar-refractivity contribution is 0.109. The highest BCUT2D eigenvalue weighted by molar-refractivity contribution is 5.44. The summed E-state index contributed by atoms with van der Waals surface area (Å²) in [6.45, 7) is -1.98. The van der Waals surface area contributed by atoms with E-state index in [1.54, 1.807) is 6.07 Å². The molecule has 0 unspecified atom stereocenters. The quantitative estimate of drug-likeness (QED) is 0.776. The van der Waals surface area contributed by atoms with Gasteiger partial charge in [0.15, 0.2) is 11.5 Å². The first-order valence-corrected chi connectivity index (χ1v) is 4.66. The maximum absolute atomic E-state index is 11.8. The second-order valence-corrected chi connectivity index (χ2v) is 3.19. The molecule has 0 saturated carbocycles. The molecule has 0 bridgehead atoms. The van der Waals surface area contributed by atoms with Crippen molar-refractivity contribution >= 4 is 0 Å². The van der Waals surface area contributed by atoms with E-state index in [0.717, 1.165) is 5.56 Å². The molecule has 3 nitrogen and oxygen atoms in total. The third-order valence-electron chi connectivity index (χ3n) is 2.15. The van der Waals surface area contributed by atoms with Gasteiger partial charge in [-0.15, -0.1) is 0 Å². The number of nitrogens with one attached hydrogen (secondary N) is 1. The summed E-state index contributed by atoms with van der Waals surface area (Å²) in [5.41, 5.74) is 0.951. The van der Waals surface area contributed by atoms with E-state index in [1.807, 2.05) is 12.1 Å². The Bertz CT molecular complexity index is 344. The summed E-state index contributed by atoms with van der Waals surface area (Å²) in [5.74, 6) is 1.39. The number of ether oxygens (including phenoxy) is 2. The predicted molar refractivity (Wildman–Crippen MR) is 50.3 cm³/mol. The molecule has 0 radical (unpaired) electrons. The SMILES string of the molecule is FC(F)NCCc1ccc2c(c1)OCO2. The van der Waals surface area contributed by atoms with Gasteiger partial charge in [0, 0.05) is 6.54 Å². The third kappa shape index (κ3) is 2.56. The summed E-state index contributed by atoms with van der Waals surface area (Å²) >= 11 is 0. The molecule has 1 aliphatic heterocycles. The topological polar surface area (TPSA) is 30.5 Å². The molecule has 1 N–H and O–H groups in total. The van der Waals surface area contributed by atoms with Crippen LogP contribution in [0, 0.1) is 0 Å². The minimum Gasteiger partial charge on any atom is -0.454 e. The fourth-order valence-corrected chi connectivity index (χ4v) is 1.42. The highest BCUT2D eigenvalue weighted by Crippen LogP contribution is 2.32. The van der Waals surface area contributed by atoms with Crippen molar-refractivity contribution in [2.75, 3.05) is 13.3 Å². The lowest BCUT2D eigenvalue weighted by atomic mass is 10.1. The largest absolute Gasteiger partial charge is 0.454 e. The minimum atomic E-state index is -2.46. The number of halogens is 2. The highest BCUT2D eigenvalue weighted by Gasteiger charge is 2.12. The van der Waals surface area contributed by atoms with Crippen LogP contribution in [-0.2, 0) is 6.42 Å². The van der Waals surface area contributed by atoms with E-state index in [0.29, 0.717) is 17.9 Å². The number of hydrogen-bond acceptors (Lipinski definition) is 3. The lowest BCUT2D eigenvalue weighted by Crippen LogP contribution is -2.22. The number of fused-ring (bicyclic) bond motifs is 1. The van der Waals surface area contributed by atoms with Crippen LogP contribution in [0.5, 0.6) is 11.5 Å². The van der Waals surface area contributed by atoms with Crippen LogP contribution in [0.3, 0.4) is 0 Å². The van der Waals surface area contributed by atoms with E-state index in [4.69, 9.17) is 9.47 Å². The highest BCUT2D eigenvalue weighted by atomic mass is 19.3. The molecule has 0 fully saturated rings. The Balaban J connectivity index is 1.92. The molecule has 82 valence electrons. The number of rotatable bonds is 4. The summed E-state index contributed by atoms with van der Waals surface area (Å²) in [7, 11) is 0. The van der Waals surface area contributed by atoms with E-state index in [1.165, 1.54) is 0 Å². The molecule has 1 aromatic rings. The molecule has 1 aliphatic rings. The van der Waals surface area contributed by atoms with Crippen molar-refractivity contribution in [3.63, 3.8) is 0 Å². The summed E-state index contributed by atoms with van der Waals surface area (Å²) in [6, 6.07) is 5.45. The second kappa shape index (κ2) is 4.44. The molecule has 15 heavy (non-hydrogen) atoms. The zero-order valence-electron chi connectivity index (χ0n) is 8.00. The van der Waals surface area contributed by atoms with Crippen molar-refractivity contribution in [1.82, 2.24) is 5.32 Å². The molecule has 2 rings (SSSR count). The molecular weight excluding hydrogens is 204 g/mol. The Morgan fingerprint density at radius 2 is 2.07 bits per heavy atom. The molecule has 5 heteroatoms. The maximum atomic E-state index is 11.8. The van der Waals surface area contributed by atoms with Gasteiger partial charge in [-0.1, -0.05) is 6.07 Å². The van der Waals surface area contributed by atoms with E-state index >= 15 is 0 Å². The van der Waals surface area contributed by atoms with Gasteiger partial charge in [-0.2, -0.15) is 8.78 Å². The first-order chi connectivity index (χ1) is 7.25. The van der Waals surface area contributed by atoms with Gasteiger partial charge in [-0.3, -0.25) is 5.32 Å². The van der Waals surface area contributed by atoms with Crippen LogP contribution in [0.2, 0.25) is 0 Å². The van der Waals surface area contributed by atoms with Crippen LogP contribution in [0.25, 0.3) is 0 Å². The Kier molecular flexibility index (Phi) is 3.01. The molecule has 1 aromatic carbocycles. The number of alkyl halides is 2. The van der Waals surface area contributed by atoms with Gasteiger partial charge in [0.1, 0.15) is 0 Å². The van der Waals surface area contributed by atoms with Crippen molar-refractivity contribution < 1.29 is 18.3 Å². The van der Waals surface area contributed by atoms with Crippen molar-refractivity contribution in [3.8, 4) is 11.5 Å². The molecule has 0 saturated heterocycles. The molecule has 1 heterocycles. The van der Waals surface area contributed by atoms with Crippen LogP contribution in [0.1, 0.15) is 5.56 Å². The average molecular weight is 215 g/mol. The molecular formula is C10H11F2NO2. The van der Waals surface area contributed by atoms with E-state index in [9.17, 15) is 8.78 Å². The normalized spacial score (nSPS) is 13.5. The van der Waals surface area contributed by atoms with Crippen LogP contribution in [-0.4, -0.2) is 19.9 Å². The first kappa shape index (κ1) is 10.2. The number of hydrogen-bond donors (Lipinski definition) is 1. The second-order valence-electron chi connectivity index (χ2n) is 3.19. The molecule has 0 amide bonds. The number of benzene rings is 1. The van der Waals surface area contributed by atoms with Crippen molar-refractivity contribution in [1.29, 1.82) is 0 Å². The fourth-order valence-electron chi connectivity index (χ4n) is 1.42. The van der Waals surface area contributed by atoms with Gasteiger partial charge in [0.25, 0.3) is 6.55 Å². The van der Waals surface area contributed by atoms with Crippen molar-refractivity contribution in [3.05, 3.63) is 23.8 Å². The fraction of sp³-hybridized carbons (Fsp3) is 0.400. The van der Waals surface area contributed by atoms with Gasteiger partial charge >= 0.3 is 0 Å². The average Bonchev–Trinajstić information content (AvgIpc) is 2.64. The van der Waals surface area contributed by atoms with Crippen LogP contribution >= 0.6 is 0 Å². The van der Waals surface area contributed by atoms with Crippen molar-refractivity contribution in [2.45, 2.75) is 13.0 Å². The van der Waals surface area contributed by atoms with Crippen LogP contribution < -0.4 is 14.8 Å². The van der Waals surface area contributed by atoms with E-state index in [-0.39, 0.29) is 13.3 Å². The predicted octanol–water partition coefficient (Wildman–Crippen LogP) is 1.77. The third-order valence-corrected chi connectivity index (χ3v) is 2.15. The Hall–Kier alpha value is -1.36. The van der Waals surface area contributed by atoms with E-state index < -0.39 is 6.55 Å². The van der Waals surface area contributed by atoms with Gasteiger partial charge in [0.2, 0.25) is 6.79 Å². The standard InChI is InChI=1S/C10H11F2NO2/c11-10(12)13-4-3-7-1-2-8-9(5-7)15-6-14-8/h1-2,5,10,13H,3-4,6H2. The summed E-state index contributed by atoms with van der Waals surface area (Å²) in [5, 5.41) is 2.06. The maximum Gasteiger partial charge on any atom is 0.292 e. The lowest BCUT2D eigenvalue weighted by Gasteiger charge is -2.04. The Morgan fingerprint density at radius 3 is 2.87 bits per heavy atom. The first-order valence-electron chi connectivity index (χ1n) is 4.66. The van der Waals surface area contributed by atoms with E-state index in [2.05, 4.69) is 5.32 Å². The minimum absolute atomic E-state index is 0.230. The monoisotopic (exact) mass is 215 g/mol. The molecule has 0 aromatic heterocycles. The van der Waals surface area contributed by atoms with Gasteiger partial charge in [-0.25, -0.2) is 0 Å². The Labute approximate surface area is 86.0 Å². The van der Waals surface area contributed by atoms with Gasteiger partial charge in [-0.05, 0) is 24.1 Å². The zero-order chi connectivity index (χ0) is 10.7. The molecule has 0 spiro atoms. The molecule has 0 aliphatic carbocycles. The smallest absolute Gasteiger partial charge is 0.292 e. The van der Waals surface area contributed by atoms with Gasteiger partial charge < -0.3 is 9.47 Å². The van der Waals surface area contributed by atoms with Crippen LogP contribution in [0.4, 0.5) is 8.78 Å². The molecule has 0 atom stereocenters. The summed E-state index contributed by atoms with van der Waals surface area (Å²) in [6.07, 6.45) is 0.543. The Morgan fingerprint density at radius 1 is 1.27 bits per heavy atom. The summed E-state index contributed by atoms with van der Waals surface area (Å²) < 4.78 is 33.9. The van der Waals surface area contributed by atoms with Gasteiger partial charge in [0.05, 0.1) is 0 Å². The summed E-state index contributed by atoms with van der Waals surface area (Å²) in [4.78, 5) is 0. The zero-order valence-corrected chi connectivity index (χ0v) is 8.00. The van der Waals surface area contributed by atoms with Crippen molar-refractivity contribution in [2.24, 2.45) is 0 Å².